The van der Waals surface area contributed by atoms with Crippen LogP contribution in [0, 0.1) is 5.82 Å². The highest BCUT2D eigenvalue weighted by atomic mass is 19.1. The fourth-order valence-electron chi connectivity index (χ4n) is 3.06. The number of halogens is 1. The van der Waals surface area contributed by atoms with Crippen molar-refractivity contribution < 1.29 is 4.39 Å². The predicted molar refractivity (Wildman–Crippen MR) is 82.5 cm³/mol. The predicted octanol–water partition coefficient (Wildman–Crippen LogP) is 2.77. The Balaban J connectivity index is 2.10. The van der Waals surface area contributed by atoms with Crippen LogP contribution in [-0.4, -0.2) is 37.1 Å². The van der Waals surface area contributed by atoms with Crippen LogP contribution in [0.25, 0.3) is 0 Å². The van der Waals surface area contributed by atoms with Gasteiger partial charge in [-0.05, 0) is 44.1 Å². The van der Waals surface area contributed by atoms with Crippen LogP contribution >= 0.6 is 0 Å². The number of anilines is 1. The van der Waals surface area contributed by atoms with Crippen LogP contribution in [0.15, 0.2) is 18.2 Å². The Kier molecular flexibility index (Phi) is 5.00. The molecule has 2 N–H and O–H groups in total. The second-order valence-corrected chi connectivity index (χ2v) is 5.61. The molecule has 0 bridgehead atoms. The molecule has 0 aliphatic carbocycles. The van der Waals surface area contributed by atoms with Crippen molar-refractivity contribution in [2.24, 2.45) is 5.73 Å². The first-order valence-corrected chi connectivity index (χ1v) is 7.60. The van der Waals surface area contributed by atoms with Gasteiger partial charge in [-0.1, -0.05) is 19.9 Å². The number of rotatable bonds is 5. The summed E-state index contributed by atoms with van der Waals surface area (Å²) in [6, 6.07) is 5.80. The van der Waals surface area contributed by atoms with Crippen molar-refractivity contribution in [1.82, 2.24) is 4.90 Å². The fraction of sp³-hybridized carbons (Fsp3) is 0.625. The first-order chi connectivity index (χ1) is 9.56. The molecule has 2 rings (SSSR count). The van der Waals surface area contributed by atoms with E-state index in [1.54, 1.807) is 6.07 Å². The van der Waals surface area contributed by atoms with Crippen LogP contribution in [0.3, 0.4) is 0 Å². The maximum Gasteiger partial charge on any atom is 0.146 e. The zero-order chi connectivity index (χ0) is 14.7. The number of hydrogen-bond acceptors (Lipinski definition) is 3. The summed E-state index contributed by atoms with van der Waals surface area (Å²) in [7, 11) is 0. The van der Waals surface area contributed by atoms with Crippen LogP contribution in [0.5, 0.6) is 0 Å². The molecular weight excluding hydrogens is 253 g/mol. The fourth-order valence-corrected chi connectivity index (χ4v) is 3.06. The first-order valence-electron chi connectivity index (χ1n) is 7.60. The maximum absolute atomic E-state index is 14.2. The van der Waals surface area contributed by atoms with Gasteiger partial charge < -0.3 is 10.6 Å². The van der Waals surface area contributed by atoms with Gasteiger partial charge in [0.25, 0.3) is 0 Å². The molecule has 1 saturated heterocycles. The SMILES string of the molecule is CCN(CC)C1CCN(c2ccc(C(C)N)cc2F)C1. The van der Waals surface area contributed by atoms with E-state index >= 15 is 0 Å². The zero-order valence-electron chi connectivity index (χ0n) is 12.8. The molecule has 3 nitrogen and oxygen atoms in total. The molecule has 20 heavy (non-hydrogen) atoms. The second kappa shape index (κ2) is 6.55. The van der Waals surface area contributed by atoms with Crippen molar-refractivity contribution >= 4 is 5.69 Å². The molecule has 1 aliphatic heterocycles. The lowest BCUT2D eigenvalue weighted by molar-refractivity contribution is 0.232. The number of nitrogens with two attached hydrogens (primary N) is 1. The molecule has 1 aromatic carbocycles. The van der Waals surface area contributed by atoms with Crippen LogP contribution in [0.1, 0.15) is 38.8 Å². The maximum atomic E-state index is 14.2. The summed E-state index contributed by atoms with van der Waals surface area (Å²) in [5, 5.41) is 0. The number of likely N-dealkylation sites (N-methyl/N-ethyl adjacent to an activating group) is 1. The summed E-state index contributed by atoms with van der Waals surface area (Å²) >= 11 is 0. The number of benzene rings is 1. The summed E-state index contributed by atoms with van der Waals surface area (Å²) < 4.78 is 14.2. The quantitative estimate of drug-likeness (QED) is 0.899. The Labute approximate surface area is 121 Å². The van der Waals surface area contributed by atoms with Gasteiger partial charge in [0.15, 0.2) is 0 Å². The smallest absolute Gasteiger partial charge is 0.146 e. The number of nitrogens with zero attached hydrogens (tertiary/aromatic N) is 2. The summed E-state index contributed by atoms with van der Waals surface area (Å²) in [4.78, 5) is 4.61. The highest BCUT2D eigenvalue weighted by Crippen LogP contribution is 2.27. The lowest BCUT2D eigenvalue weighted by Gasteiger charge is -2.27. The lowest BCUT2D eigenvalue weighted by Crippen LogP contribution is -2.37. The second-order valence-electron chi connectivity index (χ2n) is 5.61. The van der Waals surface area contributed by atoms with E-state index in [1.807, 2.05) is 19.1 Å². The molecule has 112 valence electrons. The van der Waals surface area contributed by atoms with Gasteiger partial charge in [-0.2, -0.15) is 0 Å². The third-order valence-electron chi connectivity index (χ3n) is 4.33. The van der Waals surface area contributed by atoms with Crippen LogP contribution in [0.4, 0.5) is 10.1 Å². The van der Waals surface area contributed by atoms with Gasteiger partial charge in [-0.15, -0.1) is 0 Å². The van der Waals surface area contributed by atoms with E-state index in [9.17, 15) is 4.39 Å². The van der Waals surface area contributed by atoms with Gasteiger partial charge in [0.1, 0.15) is 5.82 Å². The Morgan fingerprint density at radius 2 is 2.10 bits per heavy atom. The topological polar surface area (TPSA) is 32.5 Å². The highest BCUT2D eigenvalue weighted by molar-refractivity contribution is 5.50. The minimum Gasteiger partial charge on any atom is -0.368 e. The Morgan fingerprint density at radius 1 is 1.40 bits per heavy atom. The zero-order valence-corrected chi connectivity index (χ0v) is 12.8. The molecular formula is C16H26FN3. The lowest BCUT2D eigenvalue weighted by atomic mass is 10.1. The third kappa shape index (κ3) is 3.13. The highest BCUT2D eigenvalue weighted by Gasteiger charge is 2.27. The van der Waals surface area contributed by atoms with E-state index in [0.717, 1.165) is 38.2 Å². The minimum atomic E-state index is -0.153. The first kappa shape index (κ1) is 15.3. The third-order valence-corrected chi connectivity index (χ3v) is 4.33. The monoisotopic (exact) mass is 279 g/mol. The minimum absolute atomic E-state index is 0.124. The van der Waals surface area contributed by atoms with Crippen molar-refractivity contribution in [3.8, 4) is 0 Å². The molecule has 0 saturated carbocycles. The summed E-state index contributed by atoms with van der Waals surface area (Å²) in [5.74, 6) is -0.153. The van der Waals surface area contributed by atoms with E-state index in [4.69, 9.17) is 5.73 Å². The molecule has 0 aromatic heterocycles. The molecule has 0 amide bonds. The number of hydrogen-bond donors (Lipinski definition) is 1. The summed E-state index contributed by atoms with van der Waals surface area (Å²) in [6.45, 7) is 10.2. The Hall–Kier alpha value is -1.13. The molecule has 1 aliphatic rings. The van der Waals surface area contributed by atoms with Gasteiger partial charge in [-0.25, -0.2) is 4.39 Å². The van der Waals surface area contributed by atoms with Crippen molar-refractivity contribution in [2.45, 2.75) is 39.3 Å². The van der Waals surface area contributed by atoms with Crippen molar-refractivity contribution in [1.29, 1.82) is 0 Å². The Bertz CT molecular complexity index is 443. The summed E-state index contributed by atoms with van der Waals surface area (Å²) in [6.07, 6.45) is 1.11. The summed E-state index contributed by atoms with van der Waals surface area (Å²) in [5.41, 5.74) is 7.36. The van der Waals surface area contributed by atoms with E-state index in [2.05, 4.69) is 23.6 Å². The largest absolute Gasteiger partial charge is 0.368 e. The van der Waals surface area contributed by atoms with E-state index in [0.29, 0.717) is 11.7 Å². The van der Waals surface area contributed by atoms with Crippen LogP contribution in [-0.2, 0) is 0 Å². The van der Waals surface area contributed by atoms with Crippen LogP contribution in [0.2, 0.25) is 0 Å². The molecule has 4 heteroatoms. The van der Waals surface area contributed by atoms with Crippen LogP contribution < -0.4 is 10.6 Å². The van der Waals surface area contributed by atoms with Gasteiger partial charge in [0.2, 0.25) is 0 Å². The van der Waals surface area contributed by atoms with Gasteiger partial charge in [0.05, 0.1) is 5.69 Å². The van der Waals surface area contributed by atoms with Gasteiger partial charge >= 0.3 is 0 Å². The van der Waals surface area contributed by atoms with Gasteiger partial charge in [-0.3, -0.25) is 4.90 Å². The van der Waals surface area contributed by atoms with Gasteiger partial charge in [0, 0.05) is 25.2 Å². The van der Waals surface area contributed by atoms with Crippen molar-refractivity contribution in [2.75, 3.05) is 31.1 Å². The van der Waals surface area contributed by atoms with E-state index in [1.165, 1.54) is 0 Å². The van der Waals surface area contributed by atoms with Crippen molar-refractivity contribution in [3.05, 3.63) is 29.6 Å². The molecule has 1 aromatic rings. The molecule has 1 heterocycles. The normalized spacial score (nSPS) is 20.7. The molecule has 2 atom stereocenters. The standard InChI is InChI=1S/C16H26FN3/c1-4-19(5-2)14-8-9-20(11-14)16-7-6-13(12(3)18)10-15(16)17/h6-7,10,12,14H,4-5,8-9,11,18H2,1-3H3. The van der Waals surface area contributed by atoms with E-state index < -0.39 is 0 Å². The molecule has 1 fully saturated rings. The average Bonchev–Trinajstić information content (AvgIpc) is 2.89. The molecule has 0 spiro atoms. The average molecular weight is 279 g/mol. The van der Waals surface area contributed by atoms with Crippen molar-refractivity contribution in [3.63, 3.8) is 0 Å². The molecule has 0 radical (unpaired) electrons. The van der Waals surface area contributed by atoms with E-state index in [-0.39, 0.29) is 11.9 Å². The molecule has 2 unspecified atom stereocenters. The Morgan fingerprint density at radius 3 is 2.65 bits per heavy atom.